The Morgan fingerprint density at radius 3 is 2.47 bits per heavy atom. The number of benzene rings is 1. The van der Waals surface area contributed by atoms with Gasteiger partial charge < -0.3 is 10.1 Å². The minimum Gasteiger partial charge on any atom is -0.383 e. The fourth-order valence-corrected chi connectivity index (χ4v) is 3.11. The molecule has 1 rings (SSSR count). The van der Waals surface area contributed by atoms with Crippen molar-refractivity contribution in [3.8, 4) is 0 Å². The van der Waals surface area contributed by atoms with Crippen molar-refractivity contribution in [1.29, 1.82) is 0 Å². The molecule has 0 saturated carbocycles. The number of hydrogen-bond acceptors (Lipinski definition) is 5. The molecule has 0 saturated heterocycles. The van der Waals surface area contributed by atoms with Crippen molar-refractivity contribution >= 4 is 21.6 Å². The first-order valence-electron chi connectivity index (χ1n) is 6.10. The standard InChI is InChI=1S/C13H21NO3S2/c1-11(10-14-8-9-17-2)18-12-4-6-13(7-5-12)19(3,15)16/h4-7,11,14H,8-10H2,1-3H3. The minimum absolute atomic E-state index is 0.364. The van der Waals surface area contributed by atoms with Crippen molar-refractivity contribution in [3.05, 3.63) is 24.3 Å². The molecule has 1 atom stereocenters. The van der Waals surface area contributed by atoms with Gasteiger partial charge in [0.05, 0.1) is 11.5 Å². The molecule has 0 aliphatic rings. The Labute approximate surface area is 119 Å². The molecule has 0 amide bonds. The van der Waals surface area contributed by atoms with Crippen LogP contribution in [0.25, 0.3) is 0 Å². The second kappa shape index (κ2) is 7.89. The molecule has 108 valence electrons. The molecule has 4 nitrogen and oxygen atoms in total. The first-order chi connectivity index (χ1) is 8.93. The smallest absolute Gasteiger partial charge is 0.175 e. The van der Waals surface area contributed by atoms with Crippen molar-refractivity contribution in [3.63, 3.8) is 0 Å². The van der Waals surface area contributed by atoms with Gasteiger partial charge in [-0.05, 0) is 24.3 Å². The van der Waals surface area contributed by atoms with Gasteiger partial charge in [0, 0.05) is 36.6 Å². The molecule has 1 unspecified atom stereocenters. The van der Waals surface area contributed by atoms with Crippen molar-refractivity contribution < 1.29 is 13.2 Å². The molecule has 19 heavy (non-hydrogen) atoms. The monoisotopic (exact) mass is 303 g/mol. The lowest BCUT2D eigenvalue weighted by atomic mass is 10.4. The van der Waals surface area contributed by atoms with Crippen LogP contribution in [0.3, 0.4) is 0 Å². The maximum Gasteiger partial charge on any atom is 0.175 e. The van der Waals surface area contributed by atoms with Gasteiger partial charge in [0.1, 0.15) is 0 Å². The summed E-state index contributed by atoms with van der Waals surface area (Å²) in [5, 5.41) is 3.72. The number of nitrogens with one attached hydrogen (secondary N) is 1. The molecule has 6 heteroatoms. The molecule has 0 aromatic heterocycles. The zero-order valence-electron chi connectivity index (χ0n) is 11.5. The van der Waals surface area contributed by atoms with E-state index >= 15 is 0 Å². The quantitative estimate of drug-likeness (QED) is 0.586. The number of hydrogen-bond donors (Lipinski definition) is 1. The van der Waals surface area contributed by atoms with Gasteiger partial charge in [0.2, 0.25) is 0 Å². The molecular weight excluding hydrogens is 282 g/mol. The maximum atomic E-state index is 11.3. The third-order valence-electron chi connectivity index (χ3n) is 2.50. The fraction of sp³-hybridized carbons (Fsp3) is 0.538. The summed E-state index contributed by atoms with van der Waals surface area (Å²) in [6.45, 7) is 4.58. The molecule has 0 heterocycles. The van der Waals surface area contributed by atoms with E-state index in [9.17, 15) is 8.42 Å². The Morgan fingerprint density at radius 1 is 1.32 bits per heavy atom. The summed E-state index contributed by atoms with van der Waals surface area (Å²) < 4.78 is 27.6. The normalized spacial score (nSPS) is 13.4. The highest BCUT2D eigenvalue weighted by Crippen LogP contribution is 2.24. The van der Waals surface area contributed by atoms with E-state index in [1.807, 2.05) is 12.1 Å². The van der Waals surface area contributed by atoms with Crippen LogP contribution in [-0.2, 0) is 14.6 Å². The van der Waals surface area contributed by atoms with Crippen LogP contribution in [-0.4, -0.2) is 46.7 Å². The topological polar surface area (TPSA) is 55.4 Å². The van der Waals surface area contributed by atoms with Crippen LogP contribution in [0, 0.1) is 0 Å². The van der Waals surface area contributed by atoms with Gasteiger partial charge in [-0.2, -0.15) is 0 Å². The summed E-state index contributed by atoms with van der Waals surface area (Å²) in [5.41, 5.74) is 0. The first-order valence-corrected chi connectivity index (χ1v) is 8.87. The van der Waals surface area contributed by atoms with Gasteiger partial charge in [-0.15, -0.1) is 11.8 Å². The van der Waals surface area contributed by atoms with Crippen LogP contribution in [0.5, 0.6) is 0 Å². The fourth-order valence-electron chi connectivity index (χ4n) is 1.52. The maximum absolute atomic E-state index is 11.3. The van der Waals surface area contributed by atoms with Gasteiger partial charge in [-0.3, -0.25) is 0 Å². The Balaban J connectivity index is 2.45. The van der Waals surface area contributed by atoms with Gasteiger partial charge in [-0.25, -0.2) is 8.42 Å². The van der Waals surface area contributed by atoms with Crippen LogP contribution in [0.2, 0.25) is 0 Å². The van der Waals surface area contributed by atoms with E-state index in [1.54, 1.807) is 31.0 Å². The number of ether oxygens (including phenoxy) is 1. The molecule has 1 N–H and O–H groups in total. The second-order valence-corrected chi connectivity index (χ2v) is 7.90. The summed E-state index contributed by atoms with van der Waals surface area (Å²) in [6, 6.07) is 7.02. The summed E-state index contributed by atoms with van der Waals surface area (Å²) in [6.07, 6.45) is 1.22. The molecule has 1 aromatic carbocycles. The predicted octanol–water partition coefficient (Wildman–Crippen LogP) is 1.81. The zero-order chi connectivity index (χ0) is 14.3. The van der Waals surface area contributed by atoms with E-state index < -0.39 is 9.84 Å². The lowest BCUT2D eigenvalue weighted by Gasteiger charge is -2.12. The lowest BCUT2D eigenvalue weighted by Crippen LogP contribution is -2.26. The molecule has 0 aliphatic carbocycles. The molecule has 0 spiro atoms. The van der Waals surface area contributed by atoms with Crippen molar-refractivity contribution in [2.45, 2.75) is 22.0 Å². The van der Waals surface area contributed by atoms with Crippen molar-refractivity contribution in [2.24, 2.45) is 0 Å². The Hall–Kier alpha value is -0.560. The van der Waals surface area contributed by atoms with E-state index in [4.69, 9.17) is 4.74 Å². The van der Waals surface area contributed by atoms with Crippen molar-refractivity contribution in [1.82, 2.24) is 5.32 Å². The van der Waals surface area contributed by atoms with E-state index in [-0.39, 0.29) is 0 Å². The Morgan fingerprint density at radius 2 is 1.95 bits per heavy atom. The van der Waals surface area contributed by atoms with Crippen LogP contribution < -0.4 is 5.32 Å². The summed E-state index contributed by atoms with van der Waals surface area (Å²) in [5.74, 6) is 0. The summed E-state index contributed by atoms with van der Waals surface area (Å²) >= 11 is 1.72. The third-order valence-corrected chi connectivity index (χ3v) is 4.75. The summed E-state index contributed by atoms with van der Waals surface area (Å²) in [7, 11) is -1.42. The van der Waals surface area contributed by atoms with E-state index in [0.29, 0.717) is 16.8 Å². The van der Waals surface area contributed by atoms with Crippen molar-refractivity contribution in [2.75, 3.05) is 33.1 Å². The highest BCUT2D eigenvalue weighted by molar-refractivity contribution is 8.00. The van der Waals surface area contributed by atoms with E-state index in [0.717, 1.165) is 18.0 Å². The molecule has 0 fully saturated rings. The molecule has 0 bridgehead atoms. The number of methoxy groups -OCH3 is 1. The SMILES string of the molecule is COCCNCC(C)Sc1ccc(S(C)(=O)=O)cc1. The largest absolute Gasteiger partial charge is 0.383 e. The highest BCUT2D eigenvalue weighted by atomic mass is 32.2. The molecule has 1 aromatic rings. The van der Waals surface area contributed by atoms with Crippen LogP contribution in [0.4, 0.5) is 0 Å². The van der Waals surface area contributed by atoms with E-state index in [1.165, 1.54) is 6.26 Å². The number of sulfone groups is 1. The summed E-state index contributed by atoms with van der Waals surface area (Å²) in [4.78, 5) is 1.44. The molecular formula is C13H21NO3S2. The average molecular weight is 303 g/mol. The van der Waals surface area contributed by atoms with Gasteiger partial charge >= 0.3 is 0 Å². The van der Waals surface area contributed by atoms with Gasteiger partial charge in [0.15, 0.2) is 9.84 Å². The minimum atomic E-state index is -3.10. The Kier molecular flexibility index (Phi) is 6.85. The van der Waals surface area contributed by atoms with Gasteiger partial charge in [-0.1, -0.05) is 6.92 Å². The predicted molar refractivity (Wildman–Crippen MR) is 79.6 cm³/mol. The lowest BCUT2D eigenvalue weighted by molar-refractivity contribution is 0.199. The number of thioether (sulfide) groups is 1. The highest BCUT2D eigenvalue weighted by Gasteiger charge is 2.08. The molecule has 0 aliphatic heterocycles. The second-order valence-electron chi connectivity index (χ2n) is 4.37. The van der Waals surface area contributed by atoms with Gasteiger partial charge in [0.25, 0.3) is 0 Å². The average Bonchev–Trinajstić information content (AvgIpc) is 2.34. The molecule has 0 radical (unpaired) electrons. The first kappa shape index (κ1) is 16.5. The third kappa shape index (κ3) is 6.42. The van der Waals surface area contributed by atoms with Crippen LogP contribution >= 0.6 is 11.8 Å². The van der Waals surface area contributed by atoms with Crippen LogP contribution in [0.15, 0.2) is 34.1 Å². The zero-order valence-corrected chi connectivity index (χ0v) is 13.2. The van der Waals surface area contributed by atoms with E-state index in [2.05, 4.69) is 12.2 Å². The number of rotatable bonds is 8. The van der Waals surface area contributed by atoms with Crippen LogP contribution in [0.1, 0.15) is 6.92 Å². The Bertz CT molecular complexity index is 471.